The first kappa shape index (κ1) is 18.2. The molecule has 1 aliphatic rings. The Morgan fingerprint density at radius 1 is 1.24 bits per heavy atom. The summed E-state index contributed by atoms with van der Waals surface area (Å²) < 4.78 is 7.74. The van der Waals surface area contributed by atoms with Gasteiger partial charge in [-0.2, -0.15) is 0 Å². The first-order chi connectivity index (χ1) is 12.1. The number of aryl methyl sites for hydroxylation is 1. The van der Waals surface area contributed by atoms with E-state index in [0.29, 0.717) is 15.8 Å². The quantitative estimate of drug-likeness (QED) is 0.759. The van der Waals surface area contributed by atoms with Crippen LogP contribution in [0.25, 0.3) is 0 Å². The molecule has 6 heteroatoms. The van der Waals surface area contributed by atoms with Gasteiger partial charge in [-0.25, -0.2) is 0 Å². The van der Waals surface area contributed by atoms with Gasteiger partial charge < -0.3 is 14.2 Å². The third kappa shape index (κ3) is 4.31. The predicted molar refractivity (Wildman–Crippen MR) is 100 cm³/mol. The third-order valence-electron chi connectivity index (χ3n) is 4.64. The molecule has 0 spiro atoms. The molecule has 134 valence electrons. The number of ether oxygens (including phenoxy) is 1. The summed E-state index contributed by atoms with van der Waals surface area (Å²) in [5.41, 5.74) is 1.16. The fourth-order valence-electron chi connectivity index (χ4n) is 3.35. The van der Waals surface area contributed by atoms with E-state index >= 15 is 0 Å². The lowest BCUT2D eigenvalue weighted by molar-refractivity contribution is -0.136. The molecule has 2 heterocycles. The highest BCUT2D eigenvalue weighted by Gasteiger charge is 2.28. The van der Waals surface area contributed by atoms with Gasteiger partial charge in [0.25, 0.3) is 5.91 Å². The summed E-state index contributed by atoms with van der Waals surface area (Å²) in [5.74, 6) is 0.414. The van der Waals surface area contributed by atoms with E-state index in [4.69, 9.17) is 27.9 Å². The Morgan fingerprint density at radius 2 is 2.08 bits per heavy atom. The standard InChI is InChI=1S/C19H22Cl2N2O2/c1-22-10-5-7-16(22)17-6-3-2-4-11-23(17)19(24)13-25-18-12-14(20)8-9-15(18)21/h5,7-10,12,17H,2-4,6,11,13H2,1H3. The van der Waals surface area contributed by atoms with Crippen molar-refractivity contribution in [3.63, 3.8) is 0 Å². The van der Waals surface area contributed by atoms with Gasteiger partial charge in [-0.15, -0.1) is 0 Å². The Kier molecular flexibility index (Phi) is 5.92. The van der Waals surface area contributed by atoms with E-state index in [1.165, 1.54) is 0 Å². The average Bonchev–Trinajstić information content (AvgIpc) is 2.87. The first-order valence-corrected chi connectivity index (χ1v) is 9.30. The molecule has 1 saturated heterocycles. The Bertz CT molecular complexity index is 745. The van der Waals surface area contributed by atoms with Crippen LogP contribution in [0.5, 0.6) is 5.75 Å². The second-order valence-electron chi connectivity index (χ2n) is 6.36. The highest BCUT2D eigenvalue weighted by molar-refractivity contribution is 6.34. The van der Waals surface area contributed by atoms with Crippen LogP contribution in [0.4, 0.5) is 0 Å². The van der Waals surface area contributed by atoms with Crippen molar-refractivity contribution in [1.82, 2.24) is 9.47 Å². The van der Waals surface area contributed by atoms with Gasteiger partial charge in [0, 0.05) is 36.6 Å². The Labute approximate surface area is 158 Å². The van der Waals surface area contributed by atoms with E-state index in [9.17, 15) is 4.79 Å². The molecule has 0 N–H and O–H groups in total. The van der Waals surface area contributed by atoms with Crippen molar-refractivity contribution < 1.29 is 9.53 Å². The van der Waals surface area contributed by atoms with Crippen molar-refractivity contribution in [3.8, 4) is 5.75 Å². The molecular formula is C19H22Cl2N2O2. The number of hydrogen-bond donors (Lipinski definition) is 0. The molecule has 2 aromatic rings. The van der Waals surface area contributed by atoms with Crippen LogP contribution in [0.3, 0.4) is 0 Å². The highest BCUT2D eigenvalue weighted by atomic mass is 35.5. The lowest BCUT2D eigenvalue weighted by Gasteiger charge is -2.30. The minimum atomic E-state index is -0.0407. The molecule has 1 aliphatic heterocycles. The number of likely N-dealkylation sites (tertiary alicyclic amines) is 1. The SMILES string of the molecule is Cn1cccc1C1CCCCCN1C(=O)COc1cc(Cl)ccc1Cl. The van der Waals surface area contributed by atoms with Crippen LogP contribution in [0.1, 0.15) is 37.4 Å². The lowest BCUT2D eigenvalue weighted by atomic mass is 10.1. The van der Waals surface area contributed by atoms with E-state index in [1.807, 2.05) is 24.2 Å². The monoisotopic (exact) mass is 380 g/mol. The molecule has 1 atom stereocenters. The first-order valence-electron chi connectivity index (χ1n) is 8.55. The van der Waals surface area contributed by atoms with Crippen LogP contribution in [0.15, 0.2) is 36.5 Å². The smallest absolute Gasteiger partial charge is 0.261 e. The number of amides is 1. The van der Waals surface area contributed by atoms with Crippen LogP contribution in [-0.2, 0) is 11.8 Å². The molecule has 1 aromatic heterocycles. The van der Waals surface area contributed by atoms with Gasteiger partial charge >= 0.3 is 0 Å². The second-order valence-corrected chi connectivity index (χ2v) is 7.20. The zero-order valence-electron chi connectivity index (χ0n) is 14.3. The minimum absolute atomic E-state index is 0.0239. The van der Waals surface area contributed by atoms with E-state index < -0.39 is 0 Å². The van der Waals surface area contributed by atoms with Gasteiger partial charge in [-0.05, 0) is 37.1 Å². The van der Waals surface area contributed by atoms with Gasteiger partial charge in [0.1, 0.15) is 5.75 Å². The molecule has 25 heavy (non-hydrogen) atoms. The summed E-state index contributed by atoms with van der Waals surface area (Å²) in [6, 6.07) is 9.19. The molecule has 1 amide bonds. The van der Waals surface area contributed by atoms with Gasteiger partial charge in [-0.3, -0.25) is 4.79 Å². The van der Waals surface area contributed by atoms with Crippen molar-refractivity contribution in [2.24, 2.45) is 7.05 Å². The maximum absolute atomic E-state index is 12.9. The molecule has 0 radical (unpaired) electrons. The summed E-state index contributed by atoms with van der Waals surface area (Å²) in [7, 11) is 2.02. The van der Waals surface area contributed by atoms with Crippen molar-refractivity contribution in [2.75, 3.05) is 13.2 Å². The summed E-state index contributed by atoms with van der Waals surface area (Å²) in [5, 5.41) is 0.982. The van der Waals surface area contributed by atoms with Crippen LogP contribution in [0.2, 0.25) is 10.0 Å². The van der Waals surface area contributed by atoms with Crippen LogP contribution in [0, 0.1) is 0 Å². The van der Waals surface area contributed by atoms with Crippen LogP contribution in [-0.4, -0.2) is 28.5 Å². The molecule has 0 bridgehead atoms. The summed E-state index contributed by atoms with van der Waals surface area (Å²) in [6.07, 6.45) is 6.28. The predicted octanol–water partition coefficient (Wildman–Crippen LogP) is 4.85. The number of carbonyl (C=O) groups excluding carboxylic acids is 1. The van der Waals surface area contributed by atoms with Crippen molar-refractivity contribution >= 4 is 29.1 Å². The zero-order valence-corrected chi connectivity index (χ0v) is 15.8. The number of hydrogen-bond acceptors (Lipinski definition) is 2. The maximum atomic E-state index is 12.9. The van der Waals surface area contributed by atoms with E-state index in [2.05, 4.69) is 10.6 Å². The van der Waals surface area contributed by atoms with Crippen LogP contribution < -0.4 is 4.74 Å². The number of nitrogens with zero attached hydrogens (tertiary/aromatic N) is 2. The van der Waals surface area contributed by atoms with Crippen LogP contribution >= 0.6 is 23.2 Å². The molecule has 0 aliphatic carbocycles. The average molecular weight is 381 g/mol. The molecular weight excluding hydrogens is 359 g/mol. The topological polar surface area (TPSA) is 34.5 Å². The summed E-state index contributed by atoms with van der Waals surface area (Å²) in [4.78, 5) is 14.8. The molecule has 1 aromatic carbocycles. The zero-order chi connectivity index (χ0) is 17.8. The van der Waals surface area contributed by atoms with E-state index in [1.54, 1.807) is 18.2 Å². The van der Waals surface area contributed by atoms with Crippen molar-refractivity contribution in [2.45, 2.75) is 31.7 Å². The second kappa shape index (κ2) is 8.15. The Morgan fingerprint density at radius 3 is 2.84 bits per heavy atom. The van der Waals surface area contributed by atoms with E-state index in [0.717, 1.165) is 37.9 Å². The fraction of sp³-hybridized carbons (Fsp3) is 0.421. The normalized spacial score (nSPS) is 18.0. The van der Waals surface area contributed by atoms with Crippen molar-refractivity contribution in [1.29, 1.82) is 0 Å². The molecule has 0 saturated carbocycles. The number of aromatic nitrogens is 1. The largest absolute Gasteiger partial charge is 0.482 e. The fourth-order valence-corrected chi connectivity index (χ4v) is 3.68. The molecule has 1 fully saturated rings. The number of rotatable bonds is 4. The van der Waals surface area contributed by atoms with Gasteiger partial charge in [0.2, 0.25) is 0 Å². The molecule has 3 rings (SSSR count). The molecule has 4 nitrogen and oxygen atoms in total. The number of benzene rings is 1. The lowest BCUT2D eigenvalue weighted by Crippen LogP contribution is -2.38. The van der Waals surface area contributed by atoms with Crippen molar-refractivity contribution in [3.05, 3.63) is 52.3 Å². The Balaban J connectivity index is 1.74. The van der Waals surface area contributed by atoms with Gasteiger partial charge in [0.15, 0.2) is 6.61 Å². The Hall–Kier alpha value is -1.65. The van der Waals surface area contributed by atoms with Gasteiger partial charge in [0.05, 0.1) is 11.1 Å². The molecule has 1 unspecified atom stereocenters. The number of halogens is 2. The number of carbonyl (C=O) groups is 1. The summed E-state index contributed by atoms with van der Waals surface area (Å²) >= 11 is 12.1. The highest BCUT2D eigenvalue weighted by Crippen LogP contribution is 2.31. The third-order valence-corrected chi connectivity index (χ3v) is 5.19. The minimum Gasteiger partial charge on any atom is -0.482 e. The summed E-state index contributed by atoms with van der Waals surface area (Å²) in [6.45, 7) is 0.711. The maximum Gasteiger partial charge on any atom is 0.261 e. The van der Waals surface area contributed by atoms with E-state index in [-0.39, 0.29) is 18.6 Å². The van der Waals surface area contributed by atoms with Gasteiger partial charge in [-0.1, -0.05) is 36.0 Å².